The summed E-state index contributed by atoms with van der Waals surface area (Å²) >= 11 is 5.56. The molecule has 27 heavy (non-hydrogen) atoms. The number of piperazine rings is 1. The summed E-state index contributed by atoms with van der Waals surface area (Å²) in [6.45, 7) is 11.1. The highest BCUT2D eigenvalue weighted by Gasteiger charge is 2.17. The van der Waals surface area contributed by atoms with Gasteiger partial charge in [-0.15, -0.1) is 0 Å². The van der Waals surface area contributed by atoms with Gasteiger partial charge in [-0.3, -0.25) is 0 Å². The van der Waals surface area contributed by atoms with Crippen molar-refractivity contribution in [2.75, 3.05) is 48.8 Å². The van der Waals surface area contributed by atoms with Crippen LogP contribution in [0.5, 0.6) is 0 Å². The third-order valence-corrected chi connectivity index (χ3v) is 5.48. The molecule has 1 saturated heterocycles. The molecule has 1 heterocycles. The number of aryl methyl sites for hydroxylation is 1. The fraction of sp³-hybridized carbons (Fsp3) is 0.409. The van der Waals surface area contributed by atoms with Crippen molar-refractivity contribution in [2.24, 2.45) is 0 Å². The zero-order chi connectivity index (χ0) is 19.4. The number of rotatable bonds is 4. The number of benzene rings is 2. The summed E-state index contributed by atoms with van der Waals surface area (Å²) in [6.07, 6.45) is 0. The van der Waals surface area contributed by atoms with Crippen molar-refractivity contribution in [3.05, 3.63) is 53.6 Å². The molecule has 1 aliphatic heterocycles. The second-order valence-electron chi connectivity index (χ2n) is 7.76. The van der Waals surface area contributed by atoms with E-state index in [1.165, 1.54) is 29.9 Å². The van der Waals surface area contributed by atoms with Gasteiger partial charge in [-0.1, -0.05) is 32.0 Å². The van der Waals surface area contributed by atoms with Gasteiger partial charge in [-0.05, 0) is 60.5 Å². The number of para-hydroxylation sites is 1. The van der Waals surface area contributed by atoms with Crippen molar-refractivity contribution >= 4 is 34.4 Å². The molecule has 1 fully saturated rings. The van der Waals surface area contributed by atoms with Crippen LogP contribution >= 0.6 is 12.2 Å². The van der Waals surface area contributed by atoms with Gasteiger partial charge in [-0.2, -0.15) is 0 Å². The first-order valence-electron chi connectivity index (χ1n) is 9.78. The van der Waals surface area contributed by atoms with E-state index in [1.54, 1.807) is 4.90 Å². The Hall–Kier alpha value is -2.11. The lowest BCUT2D eigenvalue weighted by Gasteiger charge is -2.32. The topological polar surface area (TPSA) is 31.7 Å². The molecule has 0 saturated carbocycles. The Bertz CT molecular complexity index is 795. The predicted octanol–water partition coefficient (Wildman–Crippen LogP) is 3.26. The number of quaternary nitrogens is 1. The molecule has 0 unspecified atom stereocenters. The van der Waals surface area contributed by atoms with Gasteiger partial charge in [0, 0.05) is 17.1 Å². The van der Waals surface area contributed by atoms with Gasteiger partial charge in [0.25, 0.3) is 0 Å². The molecule has 144 valence electrons. The molecular formula is C22H31N4S+. The Kier molecular flexibility index (Phi) is 6.34. The number of likely N-dealkylation sites (N-methyl/N-ethyl adjacent to an activating group) is 1. The van der Waals surface area contributed by atoms with Crippen molar-refractivity contribution in [3.8, 4) is 0 Å². The van der Waals surface area contributed by atoms with Gasteiger partial charge >= 0.3 is 0 Å². The summed E-state index contributed by atoms with van der Waals surface area (Å²) < 4.78 is 0. The SMILES string of the molecule is Cc1cc(N2CC[NH+](C)CC2)ccc1NC(=S)Nc1ccccc1C(C)C. The largest absolute Gasteiger partial charge is 0.360 e. The molecular weight excluding hydrogens is 352 g/mol. The minimum absolute atomic E-state index is 0.447. The van der Waals surface area contributed by atoms with Gasteiger partial charge < -0.3 is 20.4 Å². The smallest absolute Gasteiger partial charge is 0.175 e. The van der Waals surface area contributed by atoms with Crippen molar-refractivity contribution in [3.63, 3.8) is 0 Å². The van der Waals surface area contributed by atoms with Crippen LogP contribution in [0.3, 0.4) is 0 Å². The summed E-state index contributed by atoms with van der Waals surface area (Å²) in [5.41, 5.74) is 5.90. The van der Waals surface area contributed by atoms with Crippen LogP contribution in [0.25, 0.3) is 0 Å². The van der Waals surface area contributed by atoms with Gasteiger partial charge in [-0.25, -0.2) is 0 Å². The highest BCUT2D eigenvalue weighted by Crippen LogP contribution is 2.25. The van der Waals surface area contributed by atoms with Gasteiger partial charge in [0.1, 0.15) is 0 Å². The Balaban J connectivity index is 1.66. The normalized spacial score (nSPS) is 15.1. The quantitative estimate of drug-likeness (QED) is 0.708. The monoisotopic (exact) mass is 383 g/mol. The molecule has 0 aliphatic carbocycles. The van der Waals surface area contributed by atoms with Crippen LogP contribution in [0.4, 0.5) is 17.1 Å². The minimum Gasteiger partial charge on any atom is -0.360 e. The Morgan fingerprint density at radius 2 is 1.70 bits per heavy atom. The number of thiocarbonyl (C=S) groups is 1. The summed E-state index contributed by atoms with van der Waals surface area (Å²) in [5.74, 6) is 0.447. The zero-order valence-corrected chi connectivity index (χ0v) is 17.6. The molecule has 4 nitrogen and oxygen atoms in total. The number of hydrogen-bond acceptors (Lipinski definition) is 2. The van der Waals surface area contributed by atoms with Crippen molar-refractivity contribution in [2.45, 2.75) is 26.7 Å². The van der Waals surface area contributed by atoms with E-state index in [9.17, 15) is 0 Å². The average Bonchev–Trinajstić information content (AvgIpc) is 2.64. The zero-order valence-electron chi connectivity index (χ0n) is 16.8. The van der Waals surface area contributed by atoms with Crippen molar-refractivity contribution in [1.82, 2.24) is 0 Å². The van der Waals surface area contributed by atoms with Crippen LogP contribution in [0.1, 0.15) is 30.9 Å². The van der Waals surface area contributed by atoms with Crippen molar-refractivity contribution in [1.29, 1.82) is 0 Å². The van der Waals surface area contributed by atoms with Gasteiger partial charge in [0.15, 0.2) is 5.11 Å². The van der Waals surface area contributed by atoms with E-state index in [1.807, 2.05) is 6.07 Å². The number of anilines is 3. The van der Waals surface area contributed by atoms with Crippen LogP contribution in [0, 0.1) is 6.92 Å². The molecule has 0 radical (unpaired) electrons. The molecule has 0 bridgehead atoms. The average molecular weight is 384 g/mol. The van der Waals surface area contributed by atoms with Crippen LogP contribution in [-0.2, 0) is 0 Å². The standard InChI is InChI=1S/C22H30N4S/c1-16(2)19-7-5-6-8-21(19)24-22(27)23-20-10-9-18(15-17(20)3)26-13-11-25(4)12-14-26/h5-10,15-16H,11-14H2,1-4H3,(H2,23,24,27)/p+1. The molecule has 0 aromatic heterocycles. The number of hydrogen-bond donors (Lipinski definition) is 3. The lowest BCUT2D eigenvalue weighted by atomic mass is 10.0. The molecule has 0 atom stereocenters. The van der Waals surface area contributed by atoms with Crippen LogP contribution < -0.4 is 20.4 Å². The van der Waals surface area contributed by atoms with E-state index >= 15 is 0 Å². The summed E-state index contributed by atoms with van der Waals surface area (Å²) in [6, 6.07) is 14.9. The lowest BCUT2D eigenvalue weighted by Crippen LogP contribution is -3.12. The first-order chi connectivity index (χ1) is 12.9. The van der Waals surface area contributed by atoms with Crippen LogP contribution in [0.2, 0.25) is 0 Å². The maximum atomic E-state index is 5.56. The number of nitrogens with zero attached hydrogens (tertiary/aromatic N) is 1. The highest BCUT2D eigenvalue weighted by atomic mass is 32.1. The molecule has 3 N–H and O–H groups in total. The second kappa shape index (κ2) is 8.72. The third-order valence-electron chi connectivity index (χ3n) is 5.27. The fourth-order valence-electron chi connectivity index (χ4n) is 3.52. The van der Waals surface area contributed by atoms with Gasteiger partial charge in [0.2, 0.25) is 0 Å². The first-order valence-corrected chi connectivity index (χ1v) is 10.2. The molecule has 0 spiro atoms. The minimum atomic E-state index is 0.447. The molecule has 0 amide bonds. The van der Waals surface area contributed by atoms with Crippen LogP contribution in [-0.4, -0.2) is 38.3 Å². The molecule has 5 heteroatoms. The lowest BCUT2D eigenvalue weighted by molar-refractivity contribution is -0.880. The maximum absolute atomic E-state index is 5.56. The van der Waals surface area contributed by atoms with E-state index in [4.69, 9.17) is 12.2 Å². The first kappa shape index (κ1) is 19.6. The maximum Gasteiger partial charge on any atom is 0.175 e. The molecule has 2 aromatic rings. The summed E-state index contributed by atoms with van der Waals surface area (Å²) in [4.78, 5) is 4.08. The van der Waals surface area contributed by atoms with Crippen LogP contribution in [0.15, 0.2) is 42.5 Å². The summed E-state index contributed by atoms with van der Waals surface area (Å²) in [5, 5.41) is 7.34. The van der Waals surface area contributed by atoms with E-state index in [-0.39, 0.29) is 0 Å². The Labute approximate surface area is 168 Å². The summed E-state index contributed by atoms with van der Waals surface area (Å²) in [7, 11) is 2.26. The Morgan fingerprint density at radius 1 is 1.04 bits per heavy atom. The Morgan fingerprint density at radius 3 is 2.37 bits per heavy atom. The van der Waals surface area contributed by atoms with E-state index in [2.05, 4.69) is 79.8 Å². The second-order valence-corrected chi connectivity index (χ2v) is 8.17. The fourth-order valence-corrected chi connectivity index (χ4v) is 3.74. The predicted molar refractivity (Wildman–Crippen MR) is 120 cm³/mol. The third kappa shape index (κ3) is 4.99. The molecule has 1 aliphatic rings. The highest BCUT2D eigenvalue weighted by molar-refractivity contribution is 7.80. The van der Waals surface area contributed by atoms with Crippen molar-refractivity contribution < 1.29 is 4.90 Å². The van der Waals surface area contributed by atoms with E-state index < -0.39 is 0 Å². The molecule has 3 rings (SSSR count). The number of nitrogens with one attached hydrogen (secondary N) is 3. The van der Waals surface area contributed by atoms with E-state index in [0.29, 0.717) is 11.0 Å². The molecule has 2 aromatic carbocycles. The van der Waals surface area contributed by atoms with E-state index in [0.717, 1.165) is 24.5 Å². The van der Waals surface area contributed by atoms with Gasteiger partial charge in [0.05, 0.1) is 33.2 Å².